The number of nitrogens with zero attached hydrogens (tertiary/aromatic N) is 2. The van der Waals surface area contributed by atoms with Gasteiger partial charge >= 0.3 is 0 Å². The lowest BCUT2D eigenvalue weighted by Crippen LogP contribution is -2.00. The van der Waals surface area contributed by atoms with Crippen LogP contribution in [0, 0.1) is 20.8 Å². The zero-order chi connectivity index (χ0) is 15.0. The number of fused-ring (bicyclic) bond motifs is 1. The molecule has 0 unspecified atom stereocenters. The van der Waals surface area contributed by atoms with Gasteiger partial charge in [-0.2, -0.15) is 0 Å². The van der Waals surface area contributed by atoms with Crippen LogP contribution >= 0.6 is 11.8 Å². The van der Waals surface area contributed by atoms with Gasteiger partial charge in [0.05, 0.1) is 16.7 Å². The van der Waals surface area contributed by atoms with E-state index in [0.717, 1.165) is 44.5 Å². The first-order valence-electron chi connectivity index (χ1n) is 6.84. The van der Waals surface area contributed by atoms with E-state index in [9.17, 15) is 0 Å². The van der Waals surface area contributed by atoms with Crippen LogP contribution in [0.3, 0.4) is 0 Å². The zero-order valence-electron chi connectivity index (χ0n) is 12.4. The molecule has 1 aromatic carbocycles. The molecule has 0 bridgehead atoms. The third-order valence-corrected chi connectivity index (χ3v) is 4.52. The van der Waals surface area contributed by atoms with Crippen LogP contribution < -0.4 is 5.73 Å². The number of hydrogen-bond acceptors (Lipinski definition) is 4. The van der Waals surface area contributed by atoms with Crippen LogP contribution in [0.5, 0.6) is 0 Å². The monoisotopic (exact) mass is 298 g/mol. The normalized spacial score (nSPS) is 11.2. The molecule has 0 saturated heterocycles. The minimum Gasteiger partial charge on any atom is -0.398 e. The van der Waals surface area contributed by atoms with Gasteiger partial charge in [0, 0.05) is 17.6 Å². The van der Waals surface area contributed by atoms with Crippen molar-refractivity contribution in [3.63, 3.8) is 0 Å². The smallest absolute Gasteiger partial charge is 0.166 e. The number of H-pyrrole nitrogens is 1. The van der Waals surface area contributed by atoms with Crippen LogP contribution in [0.15, 0.2) is 29.6 Å². The zero-order valence-corrected chi connectivity index (χ0v) is 13.2. The molecule has 0 radical (unpaired) electrons. The summed E-state index contributed by atoms with van der Waals surface area (Å²) in [5.41, 5.74) is 13.3. The van der Waals surface area contributed by atoms with Gasteiger partial charge < -0.3 is 10.7 Å². The van der Waals surface area contributed by atoms with Crippen molar-refractivity contribution in [2.45, 2.75) is 31.7 Å². The second-order valence-corrected chi connectivity index (χ2v) is 6.24. The summed E-state index contributed by atoms with van der Waals surface area (Å²) in [5, 5.41) is 0.913. The molecule has 5 heteroatoms. The van der Waals surface area contributed by atoms with Crippen LogP contribution in [0.25, 0.3) is 11.0 Å². The number of rotatable bonds is 3. The van der Waals surface area contributed by atoms with E-state index in [1.807, 2.05) is 26.1 Å². The number of imidazole rings is 1. The number of benzene rings is 1. The highest BCUT2D eigenvalue weighted by Gasteiger charge is 2.09. The maximum absolute atomic E-state index is 6.06. The van der Waals surface area contributed by atoms with Crippen molar-refractivity contribution in [3.05, 3.63) is 46.8 Å². The molecule has 2 aromatic heterocycles. The van der Waals surface area contributed by atoms with Gasteiger partial charge in [-0.25, -0.2) is 4.98 Å². The van der Waals surface area contributed by atoms with Crippen molar-refractivity contribution in [1.82, 2.24) is 15.0 Å². The number of thioether (sulfide) groups is 1. The summed E-state index contributed by atoms with van der Waals surface area (Å²) in [7, 11) is 0. The quantitative estimate of drug-likeness (QED) is 0.722. The van der Waals surface area contributed by atoms with E-state index < -0.39 is 0 Å². The molecule has 108 valence electrons. The van der Waals surface area contributed by atoms with Crippen LogP contribution in [0.2, 0.25) is 0 Å². The second kappa shape index (κ2) is 5.41. The van der Waals surface area contributed by atoms with Gasteiger partial charge in [0.2, 0.25) is 0 Å². The number of anilines is 1. The molecule has 3 rings (SSSR count). The first-order chi connectivity index (χ1) is 10.0. The Morgan fingerprint density at radius 1 is 1.24 bits per heavy atom. The molecule has 0 amide bonds. The average molecular weight is 298 g/mol. The van der Waals surface area contributed by atoms with Crippen molar-refractivity contribution in [2.75, 3.05) is 5.73 Å². The standard InChI is InChI=1S/C16H18N4S/c1-9-4-5-12-13(6-9)20-16(19-12)21-8-14-11(3)15(17)10(2)7-18-14/h4-7H,8H2,1-3H3,(H2,17,18)(H,19,20). The molecular weight excluding hydrogens is 280 g/mol. The molecule has 0 spiro atoms. The lowest BCUT2D eigenvalue weighted by molar-refractivity contribution is 1.06. The van der Waals surface area contributed by atoms with Gasteiger partial charge in [-0.1, -0.05) is 17.8 Å². The highest BCUT2D eigenvalue weighted by molar-refractivity contribution is 7.98. The SMILES string of the molecule is Cc1ccc2nc(SCc3ncc(C)c(N)c3C)[nH]c2c1. The van der Waals surface area contributed by atoms with Gasteiger partial charge in [-0.3, -0.25) is 4.98 Å². The summed E-state index contributed by atoms with van der Waals surface area (Å²) < 4.78 is 0. The third-order valence-electron chi connectivity index (χ3n) is 3.64. The molecular formula is C16H18N4S. The molecule has 3 aromatic rings. The van der Waals surface area contributed by atoms with Crippen LogP contribution in [0.4, 0.5) is 5.69 Å². The number of aryl methyl sites for hydroxylation is 2. The lowest BCUT2D eigenvalue weighted by atomic mass is 10.1. The Labute approximate surface area is 128 Å². The van der Waals surface area contributed by atoms with E-state index in [1.165, 1.54) is 5.56 Å². The number of aromatic nitrogens is 3. The van der Waals surface area contributed by atoms with Crippen LogP contribution in [-0.4, -0.2) is 15.0 Å². The van der Waals surface area contributed by atoms with Crippen LogP contribution in [-0.2, 0) is 5.75 Å². The van der Waals surface area contributed by atoms with E-state index in [4.69, 9.17) is 5.73 Å². The van der Waals surface area contributed by atoms with Crippen molar-refractivity contribution >= 4 is 28.5 Å². The van der Waals surface area contributed by atoms with Gasteiger partial charge in [0.1, 0.15) is 0 Å². The highest BCUT2D eigenvalue weighted by atomic mass is 32.2. The molecule has 3 N–H and O–H groups in total. The number of nitrogens with one attached hydrogen (secondary N) is 1. The average Bonchev–Trinajstić information content (AvgIpc) is 2.86. The Balaban J connectivity index is 1.82. The van der Waals surface area contributed by atoms with Gasteiger partial charge in [-0.15, -0.1) is 0 Å². The predicted octanol–water partition coefficient (Wildman–Crippen LogP) is 3.76. The Bertz CT molecular complexity index is 807. The Morgan fingerprint density at radius 3 is 2.86 bits per heavy atom. The van der Waals surface area contributed by atoms with Gasteiger partial charge in [0.25, 0.3) is 0 Å². The predicted molar refractivity (Wildman–Crippen MR) is 88.5 cm³/mol. The van der Waals surface area contributed by atoms with E-state index in [0.29, 0.717) is 0 Å². The fourth-order valence-corrected chi connectivity index (χ4v) is 3.15. The Hall–Kier alpha value is -2.01. The molecule has 0 aliphatic heterocycles. The molecule has 0 aliphatic rings. The fourth-order valence-electron chi connectivity index (χ4n) is 2.24. The van der Waals surface area contributed by atoms with Crippen LogP contribution in [0.1, 0.15) is 22.4 Å². The highest BCUT2D eigenvalue weighted by Crippen LogP contribution is 2.26. The fraction of sp³-hybridized carbons (Fsp3) is 0.250. The summed E-state index contributed by atoms with van der Waals surface area (Å²) in [6.07, 6.45) is 1.83. The number of nitrogens with two attached hydrogens (primary N) is 1. The summed E-state index contributed by atoms with van der Waals surface area (Å²) in [6.45, 7) is 6.08. The molecule has 0 aliphatic carbocycles. The summed E-state index contributed by atoms with van der Waals surface area (Å²) in [5.74, 6) is 0.759. The minimum atomic E-state index is 0.759. The largest absolute Gasteiger partial charge is 0.398 e. The van der Waals surface area contributed by atoms with E-state index in [-0.39, 0.29) is 0 Å². The lowest BCUT2D eigenvalue weighted by Gasteiger charge is -2.08. The first-order valence-corrected chi connectivity index (χ1v) is 7.83. The van der Waals surface area contributed by atoms with E-state index >= 15 is 0 Å². The maximum atomic E-state index is 6.06. The van der Waals surface area contributed by atoms with Crippen molar-refractivity contribution in [2.24, 2.45) is 0 Å². The second-order valence-electron chi connectivity index (χ2n) is 5.28. The number of hydrogen-bond donors (Lipinski definition) is 2. The van der Waals surface area contributed by atoms with Crippen molar-refractivity contribution < 1.29 is 0 Å². The van der Waals surface area contributed by atoms with Crippen molar-refractivity contribution in [3.8, 4) is 0 Å². The molecule has 2 heterocycles. The number of pyridine rings is 1. The van der Waals surface area contributed by atoms with Gasteiger partial charge in [-0.05, 0) is 49.6 Å². The first kappa shape index (κ1) is 13.9. The Kier molecular flexibility index (Phi) is 3.59. The third kappa shape index (κ3) is 2.74. The molecule has 21 heavy (non-hydrogen) atoms. The molecule has 0 saturated carbocycles. The summed E-state index contributed by atoms with van der Waals surface area (Å²) >= 11 is 1.65. The maximum Gasteiger partial charge on any atom is 0.166 e. The Morgan fingerprint density at radius 2 is 2.05 bits per heavy atom. The summed E-state index contributed by atoms with van der Waals surface area (Å²) in [6, 6.07) is 6.22. The number of aromatic amines is 1. The van der Waals surface area contributed by atoms with Crippen molar-refractivity contribution in [1.29, 1.82) is 0 Å². The topological polar surface area (TPSA) is 67.6 Å². The van der Waals surface area contributed by atoms with Gasteiger partial charge in [0.15, 0.2) is 5.16 Å². The minimum absolute atomic E-state index is 0.759. The summed E-state index contributed by atoms with van der Waals surface area (Å²) in [4.78, 5) is 12.4. The molecule has 0 atom stereocenters. The molecule has 4 nitrogen and oxygen atoms in total. The number of nitrogen functional groups attached to an aromatic ring is 1. The van der Waals surface area contributed by atoms with E-state index in [1.54, 1.807) is 11.8 Å². The van der Waals surface area contributed by atoms with E-state index in [2.05, 4.69) is 34.0 Å². The molecule has 0 fully saturated rings.